The maximum atomic E-state index is 11.5. The van der Waals surface area contributed by atoms with Crippen LogP contribution in [0.4, 0.5) is 0 Å². The van der Waals surface area contributed by atoms with Gasteiger partial charge < -0.3 is 14.4 Å². The molecule has 0 saturated heterocycles. The summed E-state index contributed by atoms with van der Waals surface area (Å²) in [7, 11) is 4.35. The Morgan fingerprint density at radius 1 is 1.19 bits per heavy atom. The number of esters is 2. The third-order valence-corrected chi connectivity index (χ3v) is 1.50. The van der Waals surface area contributed by atoms with E-state index in [-0.39, 0.29) is 12.2 Å². The summed E-state index contributed by atoms with van der Waals surface area (Å²) in [5.74, 6) is -2.95. The molecule has 0 bridgehead atoms. The Morgan fingerprint density at radius 3 is 2.12 bits per heavy atom. The lowest BCUT2D eigenvalue weighted by molar-refractivity contribution is -0.153. The van der Waals surface area contributed by atoms with Crippen molar-refractivity contribution in [3.63, 3.8) is 0 Å². The van der Waals surface area contributed by atoms with Crippen LogP contribution < -0.4 is 0 Å². The minimum atomic E-state index is -1.07. The van der Waals surface area contributed by atoms with Crippen LogP contribution in [0.5, 0.6) is 0 Å². The smallest absolute Gasteiger partial charge is 0.380 e. The monoisotopic (exact) mass is 229 g/mol. The van der Waals surface area contributed by atoms with E-state index in [1.807, 2.05) is 0 Å². The number of Topliss-reactive ketones (excluding diaryl/α,β-unsaturated/α-hetero) is 1. The van der Waals surface area contributed by atoms with Gasteiger partial charge in [-0.15, -0.1) is 0 Å². The molecule has 6 nitrogen and oxygen atoms in total. The largest absolute Gasteiger partial charge is 0.465 e. The average Bonchev–Trinajstić information content (AvgIpc) is 2.24. The van der Waals surface area contributed by atoms with Gasteiger partial charge in [-0.1, -0.05) is 0 Å². The molecule has 0 unspecified atom stereocenters. The molecule has 0 aromatic heterocycles. The van der Waals surface area contributed by atoms with Crippen molar-refractivity contribution in [1.29, 1.82) is 0 Å². The maximum absolute atomic E-state index is 11.5. The lowest BCUT2D eigenvalue weighted by Gasteiger charge is -2.08. The van der Waals surface area contributed by atoms with Crippen molar-refractivity contribution in [3.8, 4) is 0 Å². The fourth-order valence-electron chi connectivity index (χ4n) is 0.879. The highest BCUT2D eigenvalue weighted by Gasteiger charge is 2.27. The lowest BCUT2D eigenvalue weighted by Crippen LogP contribution is -2.26. The first-order valence-corrected chi connectivity index (χ1v) is 4.62. The second-order valence-corrected chi connectivity index (χ2v) is 3.05. The van der Waals surface area contributed by atoms with Gasteiger partial charge in [0.25, 0.3) is 5.78 Å². The molecule has 0 atom stereocenters. The van der Waals surface area contributed by atoms with Crippen molar-refractivity contribution in [2.24, 2.45) is 0 Å². The molecule has 0 aliphatic rings. The molecule has 6 heteroatoms. The van der Waals surface area contributed by atoms with Crippen molar-refractivity contribution in [3.05, 3.63) is 11.8 Å². The molecule has 0 amide bonds. The van der Waals surface area contributed by atoms with Crippen LogP contribution in [-0.2, 0) is 23.9 Å². The fraction of sp³-hybridized carbons (Fsp3) is 0.500. The zero-order chi connectivity index (χ0) is 12.7. The van der Waals surface area contributed by atoms with E-state index < -0.39 is 17.7 Å². The van der Waals surface area contributed by atoms with Crippen molar-refractivity contribution in [2.45, 2.75) is 6.92 Å². The van der Waals surface area contributed by atoms with E-state index in [0.717, 1.165) is 7.11 Å². The highest BCUT2D eigenvalue weighted by Crippen LogP contribution is 2.02. The van der Waals surface area contributed by atoms with Crippen LogP contribution in [-0.4, -0.2) is 50.4 Å². The quantitative estimate of drug-likeness (QED) is 0.212. The summed E-state index contributed by atoms with van der Waals surface area (Å²) in [6, 6.07) is 0. The van der Waals surface area contributed by atoms with E-state index in [2.05, 4.69) is 9.47 Å². The second-order valence-electron chi connectivity index (χ2n) is 3.05. The minimum absolute atomic E-state index is 0.0704. The molecule has 0 radical (unpaired) electrons. The molecule has 0 aliphatic heterocycles. The van der Waals surface area contributed by atoms with E-state index in [1.165, 1.54) is 11.1 Å². The van der Waals surface area contributed by atoms with E-state index in [4.69, 9.17) is 0 Å². The van der Waals surface area contributed by atoms with Crippen molar-refractivity contribution in [2.75, 3.05) is 27.8 Å². The fourth-order valence-corrected chi connectivity index (χ4v) is 0.879. The number of methoxy groups -OCH3 is 1. The van der Waals surface area contributed by atoms with E-state index in [9.17, 15) is 14.4 Å². The Hall–Kier alpha value is -1.85. The van der Waals surface area contributed by atoms with Crippen molar-refractivity contribution < 1.29 is 23.9 Å². The molecule has 90 valence electrons. The van der Waals surface area contributed by atoms with Gasteiger partial charge in [-0.05, 0) is 6.92 Å². The zero-order valence-corrected chi connectivity index (χ0v) is 9.77. The summed E-state index contributed by atoms with van der Waals surface area (Å²) in [6.07, 6.45) is 1.21. The van der Waals surface area contributed by atoms with Gasteiger partial charge >= 0.3 is 11.9 Å². The zero-order valence-electron chi connectivity index (χ0n) is 9.77. The molecule has 0 heterocycles. The third-order valence-electron chi connectivity index (χ3n) is 1.50. The summed E-state index contributed by atoms with van der Waals surface area (Å²) < 4.78 is 8.91. The Morgan fingerprint density at radius 2 is 1.75 bits per heavy atom. The number of hydrogen-bond donors (Lipinski definition) is 0. The number of rotatable bonds is 5. The predicted molar refractivity (Wildman–Crippen MR) is 55.4 cm³/mol. The summed E-state index contributed by atoms with van der Waals surface area (Å²) in [5, 5.41) is 0. The normalized spacial score (nSPS) is 10.6. The van der Waals surface area contributed by atoms with Gasteiger partial charge in [0.1, 0.15) is 5.57 Å². The van der Waals surface area contributed by atoms with Gasteiger partial charge in [-0.3, -0.25) is 4.79 Å². The SMILES string of the molecule is CCOC(=O)C(=O)/C(=C/N(C)C)C(=O)OC. The van der Waals surface area contributed by atoms with Gasteiger partial charge in [0.2, 0.25) is 0 Å². The molecule has 0 rings (SSSR count). The summed E-state index contributed by atoms with van der Waals surface area (Å²) in [6.45, 7) is 1.64. The van der Waals surface area contributed by atoms with Crippen LogP contribution in [0.1, 0.15) is 6.92 Å². The molecule has 0 aromatic carbocycles. The molecule has 0 spiro atoms. The van der Waals surface area contributed by atoms with Gasteiger partial charge in [0.05, 0.1) is 13.7 Å². The third kappa shape index (κ3) is 4.12. The first-order chi connectivity index (χ1) is 7.43. The van der Waals surface area contributed by atoms with Gasteiger partial charge in [-0.25, -0.2) is 9.59 Å². The van der Waals surface area contributed by atoms with Crippen LogP contribution in [0, 0.1) is 0 Å². The predicted octanol–water partition coefficient (Wildman–Crippen LogP) is -0.263. The molecule has 0 saturated carbocycles. The van der Waals surface area contributed by atoms with Crippen LogP contribution in [0.15, 0.2) is 11.8 Å². The Labute approximate surface area is 93.8 Å². The van der Waals surface area contributed by atoms with E-state index in [0.29, 0.717) is 0 Å². The summed E-state index contributed by atoms with van der Waals surface area (Å²) in [5.41, 5.74) is -0.356. The van der Waals surface area contributed by atoms with Crippen molar-refractivity contribution >= 4 is 17.7 Å². The highest BCUT2D eigenvalue weighted by molar-refractivity contribution is 6.46. The van der Waals surface area contributed by atoms with Crippen LogP contribution in [0.2, 0.25) is 0 Å². The van der Waals surface area contributed by atoms with Crippen LogP contribution in [0.25, 0.3) is 0 Å². The number of ether oxygens (including phenoxy) is 2. The Balaban J connectivity index is 4.99. The first kappa shape index (κ1) is 14.2. The minimum Gasteiger partial charge on any atom is -0.465 e. The number of ketones is 1. The van der Waals surface area contributed by atoms with Gasteiger partial charge in [0.15, 0.2) is 0 Å². The number of hydrogen-bond acceptors (Lipinski definition) is 6. The molecule has 16 heavy (non-hydrogen) atoms. The maximum Gasteiger partial charge on any atom is 0.380 e. The van der Waals surface area contributed by atoms with E-state index in [1.54, 1.807) is 21.0 Å². The summed E-state index contributed by atoms with van der Waals surface area (Å²) in [4.78, 5) is 35.4. The molecular formula is C10H15NO5. The topological polar surface area (TPSA) is 72.9 Å². The number of carbonyl (C=O) groups is 3. The number of carbonyl (C=O) groups excluding carboxylic acids is 3. The van der Waals surface area contributed by atoms with E-state index >= 15 is 0 Å². The Kier molecular flexibility index (Phi) is 5.84. The standard InChI is InChI=1S/C10H15NO5/c1-5-16-10(14)8(12)7(6-11(2)3)9(13)15-4/h6H,5H2,1-4H3/b7-6-. The second kappa shape index (κ2) is 6.60. The summed E-state index contributed by atoms with van der Waals surface area (Å²) >= 11 is 0. The lowest BCUT2D eigenvalue weighted by atomic mass is 10.2. The molecule has 0 aromatic rings. The average molecular weight is 229 g/mol. The van der Waals surface area contributed by atoms with Crippen LogP contribution in [0.3, 0.4) is 0 Å². The van der Waals surface area contributed by atoms with Crippen LogP contribution >= 0.6 is 0 Å². The van der Waals surface area contributed by atoms with Gasteiger partial charge in [0, 0.05) is 20.3 Å². The van der Waals surface area contributed by atoms with Crippen molar-refractivity contribution in [1.82, 2.24) is 4.90 Å². The first-order valence-electron chi connectivity index (χ1n) is 4.62. The Bertz CT molecular complexity index is 319. The highest BCUT2D eigenvalue weighted by atomic mass is 16.5. The van der Waals surface area contributed by atoms with Gasteiger partial charge in [-0.2, -0.15) is 0 Å². The molecule has 0 N–H and O–H groups in total. The molecule has 0 aliphatic carbocycles. The molecular weight excluding hydrogens is 214 g/mol. The number of nitrogens with zero attached hydrogens (tertiary/aromatic N) is 1. The molecule has 0 fully saturated rings.